The molecule has 27 heavy (non-hydrogen) atoms. The Bertz CT molecular complexity index is 960. The SMILES string of the molecule is C=C(C)CSc1nnc(SCC(=O)C(C#N)=C2Sc3ccccc3N2C)s1. The van der Waals surface area contributed by atoms with Crippen molar-refractivity contribution in [3.8, 4) is 6.07 Å². The van der Waals surface area contributed by atoms with E-state index in [1.54, 1.807) is 11.8 Å². The number of fused-ring (bicyclic) bond motifs is 1. The van der Waals surface area contributed by atoms with Crippen molar-refractivity contribution in [3.05, 3.63) is 47.0 Å². The molecule has 1 aromatic heterocycles. The lowest BCUT2D eigenvalue weighted by atomic mass is 10.2. The van der Waals surface area contributed by atoms with Crippen LogP contribution in [-0.4, -0.2) is 34.5 Å². The highest BCUT2D eigenvalue weighted by Gasteiger charge is 2.27. The summed E-state index contributed by atoms with van der Waals surface area (Å²) in [7, 11) is 1.88. The summed E-state index contributed by atoms with van der Waals surface area (Å²) in [4.78, 5) is 15.6. The molecule has 0 bridgehead atoms. The number of ketones is 1. The van der Waals surface area contributed by atoms with Crippen LogP contribution in [0.3, 0.4) is 0 Å². The second kappa shape index (κ2) is 8.97. The van der Waals surface area contributed by atoms with Crippen LogP contribution in [0.15, 0.2) is 60.6 Å². The standard InChI is InChI=1S/C18H16N4OS4/c1-11(2)9-24-17-20-21-18(27-17)25-10-14(23)12(8-19)16-22(3)13-6-4-5-7-15(13)26-16/h4-7H,1,9-10H2,2-3H3. The van der Waals surface area contributed by atoms with E-state index >= 15 is 0 Å². The fourth-order valence-corrected chi connectivity index (χ4v) is 6.15. The van der Waals surface area contributed by atoms with Gasteiger partial charge in [-0.15, -0.1) is 10.2 Å². The summed E-state index contributed by atoms with van der Waals surface area (Å²) in [6.07, 6.45) is 0. The van der Waals surface area contributed by atoms with E-state index in [0.717, 1.165) is 30.6 Å². The van der Waals surface area contributed by atoms with Gasteiger partial charge in [0.15, 0.2) is 14.5 Å². The third kappa shape index (κ3) is 4.76. The first-order valence-corrected chi connectivity index (χ1v) is 11.5. The minimum Gasteiger partial charge on any atom is -0.337 e. The van der Waals surface area contributed by atoms with E-state index in [1.807, 2.05) is 43.1 Å². The first kappa shape index (κ1) is 20.0. The molecule has 138 valence electrons. The van der Waals surface area contributed by atoms with Crippen molar-refractivity contribution in [2.45, 2.75) is 20.5 Å². The number of nitriles is 1. The molecule has 0 aliphatic carbocycles. The lowest BCUT2D eigenvalue weighted by Crippen LogP contribution is -2.16. The zero-order valence-corrected chi connectivity index (χ0v) is 18.0. The van der Waals surface area contributed by atoms with Gasteiger partial charge >= 0.3 is 0 Å². The van der Waals surface area contributed by atoms with Crippen molar-refractivity contribution in [2.75, 3.05) is 23.5 Å². The number of benzene rings is 1. The van der Waals surface area contributed by atoms with Crippen LogP contribution in [-0.2, 0) is 4.79 Å². The fraction of sp³-hybridized carbons (Fsp3) is 0.222. The predicted octanol–water partition coefficient (Wildman–Crippen LogP) is 4.84. The van der Waals surface area contributed by atoms with E-state index < -0.39 is 0 Å². The number of hydrogen-bond acceptors (Lipinski definition) is 9. The zero-order valence-electron chi connectivity index (χ0n) is 14.8. The molecule has 0 radical (unpaired) electrons. The number of para-hydroxylation sites is 1. The summed E-state index contributed by atoms with van der Waals surface area (Å²) in [5.74, 6) is 0.764. The number of carbonyl (C=O) groups is 1. The Kier molecular flexibility index (Phi) is 6.65. The summed E-state index contributed by atoms with van der Waals surface area (Å²) < 4.78 is 1.58. The van der Waals surface area contributed by atoms with Gasteiger partial charge in [-0.05, 0) is 19.1 Å². The van der Waals surface area contributed by atoms with Gasteiger partial charge in [0.1, 0.15) is 16.7 Å². The molecule has 9 heteroatoms. The molecule has 2 aromatic rings. The van der Waals surface area contributed by atoms with Gasteiger partial charge in [0.25, 0.3) is 0 Å². The molecule has 0 fully saturated rings. The summed E-state index contributed by atoms with van der Waals surface area (Å²) in [6.45, 7) is 5.84. The first-order chi connectivity index (χ1) is 13.0. The van der Waals surface area contributed by atoms with E-state index in [9.17, 15) is 10.1 Å². The van der Waals surface area contributed by atoms with Gasteiger partial charge in [-0.25, -0.2) is 0 Å². The Morgan fingerprint density at radius 2 is 1.93 bits per heavy atom. The van der Waals surface area contributed by atoms with Crippen LogP contribution in [0.2, 0.25) is 0 Å². The van der Waals surface area contributed by atoms with Crippen molar-refractivity contribution >= 4 is 58.1 Å². The van der Waals surface area contributed by atoms with Crippen molar-refractivity contribution < 1.29 is 4.79 Å². The summed E-state index contributed by atoms with van der Waals surface area (Å²) in [5.41, 5.74) is 2.27. The van der Waals surface area contributed by atoms with Crippen molar-refractivity contribution in [2.24, 2.45) is 0 Å². The number of hydrogen-bond donors (Lipinski definition) is 0. The average Bonchev–Trinajstić information content (AvgIpc) is 3.24. The van der Waals surface area contributed by atoms with Crippen LogP contribution in [0.25, 0.3) is 0 Å². The quantitative estimate of drug-likeness (QED) is 0.266. The number of rotatable bonds is 7. The topological polar surface area (TPSA) is 69.9 Å². The third-order valence-electron chi connectivity index (χ3n) is 3.50. The van der Waals surface area contributed by atoms with Crippen LogP contribution in [0.1, 0.15) is 6.92 Å². The molecule has 0 amide bonds. The van der Waals surface area contributed by atoms with Crippen LogP contribution in [0.4, 0.5) is 5.69 Å². The van der Waals surface area contributed by atoms with Gasteiger partial charge in [-0.2, -0.15) is 5.26 Å². The number of anilines is 1. The number of nitrogens with zero attached hydrogens (tertiary/aromatic N) is 4. The molecule has 0 spiro atoms. The van der Waals surface area contributed by atoms with Gasteiger partial charge < -0.3 is 4.90 Å². The number of thioether (sulfide) groups is 3. The number of carbonyl (C=O) groups excluding carboxylic acids is 1. The average molecular weight is 433 g/mol. The second-order valence-electron chi connectivity index (χ2n) is 5.71. The Balaban J connectivity index is 1.67. The van der Waals surface area contributed by atoms with Crippen LogP contribution >= 0.6 is 46.6 Å². The maximum absolute atomic E-state index is 12.7. The summed E-state index contributed by atoms with van der Waals surface area (Å²) in [5, 5.41) is 18.5. The largest absolute Gasteiger partial charge is 0.337 e. The molecule has 1 aliphatic heterocycles. The minimum atomic E-state index is -0.198. The molecule has 3 rings (SSSR count). The van der Waals surface area contributed by atoms with Gasteiger partial charge in [0.05, 0.1) is 11.4 Å². The van der Waals surface area contributed by atoms with Gasteiger partial charge in [0, 0.05) is 17.7 Å². The molecular formula is C18H16N4OS4. The highest BCUT2D eigenvalue weighted by Crippen LogP contribution is 2.46. The van der Waals surface area contributed by atoms with Crippen LogP contribution in [0, 0.1) is 11.3 Å². The molecule has 1 aliphatic rings. The molecule has 0 unspecified atom stereocenters. The van der Waals surface area contributed by atoms with Crippen molar-refractivity contribution in [1.29, 1.82) is 5.26 Å². The van der Waals surface area contributed by atoms with Gasteiger partial charge in [-0.1, -0.05) is 70.9 Å². The van der Waals surface area contributed by atoms with Crippen LogP contribution in [0.5, 0.6) is 0 Å². The number of Topliss-reactive ketones (excluding diaryl/α,β-unsaturated/α-hetero) is 1. The summed E-state index contributed by atoms with van der Waals surface area (Å²) >= 11 is 5.81. The molecule has 0 saturated heterocycles. The Morgan fingerprint density at radius 1 is 1.26 bits per heavy atom. The molecule has 0 atom stereocenters. The Morgan fingerprint density at radius 3 is 2.56 bits per heavy atom. The van der Waals surface area contributed by atoms with E-state index in [4.69, 9.17) is 0 Å². The first-order valence-electron chi connectivity index (χ1n) is 7.91. The third-order valence-corrected chi connectivity index (χ3v) is 8.16. The predicted molar refractivity (Wildman–Crippen MR) is 115 cm³/mol. The zero-order chi connectivity index (χ0) is 19.4. The van der Waals surface area contributed by atoms with E-state index in [1.165, 1.54) is 34.9 Å². The maximum Gasteiger partial charge on any atom is 0.186 e. The highest BCUT2D eigenvalue weighted by molar-refractivity contribution is 8.04. The van der Waals surface area contributed by atoms with Crippen molar-refractivity contribution in [1.82, 2.24) is 10.2 Å². The van der Waals surface area contributed by atoms with Gasteiger partial charge in [0.2, 0.25) is 0 Å². The van der Waals surface area contributed by atoms with E-state index in [2.05, 4.69) is 22.8 Å². The number of aromatic nitrogens is 2. The van der Waals surface area contributed by atoms with E-state index in [0.29, 0.717) is 5.03 Å². The Hall–Kier alpha value is -1.73. The lowest BCUT2D eigenvalue weighted by molar-refractivity contribution is -0.112. The lowest BCUT2D eigenvalue weighted by Gasteiger charge is -2.14. The molecule has 1 aromatic carbocycles. The monoisotopic (exact) mass is 432 g/mol. The molecule has 0 saturated carbocycles. The van der Waals surface area contributed by atoms with Crippen molar-refractivity contribution in [3.63, 3.8) is 0 Å². The maximum atomic E-state index is 12.7. The van der Waals surface area contributed by atoms with Crippen LogP contribution < -0.4 is 4.90 Å². The molecular weight excluding hydrogens is 416 g/mol. The van der Waals surface area contributed by atoms with Gasteiger partial charge in [-0.3, -0.25) is 4.79 Å². The number of allylic oxidation sites excluding steroid dienone is 1. The highest BCUT2D eigenvalue weighted by atomic mass is 32.2. The normalized spacial score (nSPS) is 14.6. The fourth-order valence-electron chi connectivity index (χ4n) is 2.25. The molecule has 5 nitrogen and oxygen atoms in total. The second-order valence-corrected chi connectivity index (χ2v) is 10.2. The van der Waals surface area contributed by atoms with E-state index in [-0.39, 0.29) is 17.1 Å². The smallest absolute Gasteiger partial charge is 0.186 e. The molecule has 0 N–H and O–H groups in total. The Labute approximate surface area is 174 Å². The minimum absolute atomic E-state index is 0.164. The summed E-state index contributed by atoms with van der Waals surface area (Å²) in [6, 6.07) is 9.96. The molecule has 2 heterocycles.